The Hall–Kier alpha value is -1.59. The van der Waals surface area contributed by atoms with E-state index in [1.54, 1.807) is 7.11 Å². The van der Waals surface area contributed by atoms with Crippen molar-refractivity contribution in [1.29, 1.82) is 0 Å². The average Bonchev–Trinajstić information content (AvgIpc) is 2.79. The molecule has 1 aromatic rings. The number of carbonyl (C=O) groups is 1. The van der Waals surface area contributed by atoms with Crippen molar-refractivity contribution in [3.63, 3.8) is 0 Å². The Morgan fingerprint density at radius 1 is 1.45 bits per heavy atom. The lowest BCUT2D eigenvalue weighted by Gasteiger charge is -2.24. The number of hydrogen-bond acceptors (Lipinski definition) is 4. The summed E-state index contributed by atoms with van der Waals surface area (Å²) in [6, 6.07) is 7.34. The lowest BCUT2D eigenvalue weighted by Crippen LogP contribution is -2.40. The highest BCUT2D eigenvalue weighted by Crippen LogP contribution is 2.23. The number of nitrogens with zero attached hydrogens (tertiary/aromatic N) is 1. The molecule has 1 aromatic carbocycles. The van der Waals surface area contributed by atoms with Gasteiger partial charge in [0.15, 0.2) is 0 Å². The number of ether oxygens (including phenoxy) is 1. The SMILES string of the molecule is COc1ccc(NC(=O)CN2CCC(C)C2CO)cc1. The van der Waals surface area contributed by atoms with Gasteiger partial charge >= 0.3 is 0 Å². The van der Waals surface area contributed by atoms with Crippen molar-refractivity contribution in [2.45, 2.75) is 19.4 Å². The van der Waals surface area contributed by atoms with Crippen molar-refractivity contribution in [2.75, 3.05) is 32.1 Å². The van der Waals surface area contributed by atoms with Gasteiger partial charge < -0.3 is 15.2 Å². The molecule has 0 aromatic heterocycles. The number of nitrogens with one attached hydrogen (secondary N) is 1. The number of benzene rings is 1. The standard InChI is InChI=1S/C15H22N2O3/c1-11-7-8-17(14(11)10-18)9-15(19)16-12-3-5-13(20-2)6-4-12/h3-6,11,14,18H,7-10H2,1-2H3,(H,16,19). The normalized spacial score (nSPS) is 22.8. The smallest absolute Gasteiger partial charge is 0.238 e. The molecular weight excluding hydrogens is 256 g/mol. The van der Waals surface area contributed by atoms with E-state index in [2.05, 4.69) is 12.2 Å². The van der Waals surface area contributed by atoms with Crippen LogP contribution in [-0.4, -0.2) is 48.8 Å². The first-order chi connectivity index (χ1) is 9.63. The molecule has 1 fully saturated rings. The Labute approximate surface area is 119 Å². The van der Waals surface area contributed by atoms with Gasteiger partial charge in [0, 0.05) is 11.7 Å². The molecule has 5 heteroatoms. The molecule has 0 saturated carbocycles. The molecule has 2 rings (SSSR count). The van der Waals surface area contributed by atoms with Gasteiger partial charge in [0.25, 0.3) is 0 Å². The highest BCUT2D eigenvalue weighted by atomic mass is 16.5. The van der Waals surface area contributed by atoms with E-state index in [9.17, 15) is 9.90 Å². The lowest BCUT2D eigenvalue weighted by molar-refractivity contribution is -0.117. The summed E-state index contributed by atoms with van der Waals surface area (Å²) >= 11 is 0. The highest BCUT2D eigenvalue weighted by Gasteiger charge is 2.31. The summed E-state index contributed by atoms with van der Waals surface area (Å²) in [5, 5.41) is 12.2. The van der Waals surface area contributed by atoms with Gasteiger partial charge in [-0.25, -0.2) is 0 Å². The zero-order valence-corrected chi connectivity index (χ0v) is 12.0. The molecule has 1 heterocycles. The maximum absolute atomic E-state index is 12.0. The zero-order valence-electron chi connectivity index (χ0n) is 12.0. The molecule has 1 amide bonds. The predicted octanol–water partition coefficient (Wildman–Crippen LogP) is 1.34. The number of aliphatic hydroxyl groups excluding tert-OH is 1. The number of amides is 1. The van der Waals surface area contributed by atoms with Crippen LogP contribution in [0, 0.1) is 5.92 Å². The minimum Gasteiger partial charge on any atom is -0.497 e. The topological polar surface area (TPSA) is 61.8 Å². The second-order valence-corrected chi connectivity index (χ2v) is 5.26. The molecule has 0 radical (unpaired) electrons. The second-order valence-electron chi connectivity index (χ2n) is 5.26. The van der Waals surface area contributed by atoms with E-state index in [1.807, 2.05) is 29.2 Å². The van der Waals surface area contributed by atoms with E-state index in [0.717, 1.165) is 24.4 Å². The maximum Gasteiger partial charge on any atom is 0.238 e. The molecule has 1 aliphatic heterocycles. The third kappa shape index (κ3) is 3.49. The van der Waals surface area contributed by atoms with E-state index in [4.69, 9.17) is 4.74 Å². The van der Waals surface area contributed by atoms with Crippen LogP contribution in [0.4, 0.5) is 5.69 Å². The first-order valence-electron chi connectivity index (χ1n) is 6.93. The third-order valence-electron chi connectivity index (χ3n) is 3.91. The monoisotopic (exact) mass is 278 g/mol. The largest absolute Gasteiger partial charge is 0.497 e. The van der Waals surface area contributed by atoms with Gasteiger partial charge in [-0.3, -0.25) is 9.69 Å². The lowest BCUT2D eigenvalue weighted by atomic mass is 10.0. The molecule has 1 saturated heterocycles. The van der Waals surface area contributed by atoms with Crippen molar-refractivity contribution < 1.29 is 14.6 Å². The van der Waals surface area contributed by atoms with E-state index in [0.29, 0.717) is 12.5 Å². The van der Waals surface area contributed by atoms with E-state index in [-0.39, 0.29) is 18.6 Å². The Balaban J connectivity index is 1.88. The van der Waals surface area contributed by atoms with Crippen molar-refractivity contribution in [1.82, 2.24) is 4.90 Å². The second kappa shape index (κ2) is 6.72. The van der Waals surface area contributed by atoms with Gasteiger partial charge in [0.1, 0.15) is 5.75 Å². The number of rotatable bonds is 5. The number of carbonyl (C=O) groups excluding carboxylic acids is 1. The Bertz CT molecular complexity index is 447. The van der Waals surface area contributed by atoms with Gasteiger partial charge in [0.2, 0.25) is 5.91 Å². The molecule has 110 valence electrons. The number of anilines is 1. The van der Waals surface area contributed by atoms with Gasteiger partial charge in [-0.15, -0.1) is 0 Å². The van der Waals surface area contributed by atoms with Gasteiger partial charge in [-0.2, -0.15) is 0 Å². The molecule has 2 unspecified atom stereocenters. The van der Waals surface area contributed by atoms with Crippen LogP contribution in [0.3, 0.4) is 0 Å². The third-order valence-corrected chi connectivity index (χ3v) is 3.91. The first kappa shape index (κ1) is 14.8. The Morgan fingerprint density at radius 2 is 2.15 bits per heavy atom. The first-order valence-corrected chi connectivity index (χ1v) is 6.93. The molecular formula is C15H22N2O3. The summed E-state index contributed by atoms with van der Waals surface area (Å²) in [7, 11) is 1.61. The van der Waals surface area contributed by atoms with E-state index in [1.165, 1.54) is 0 Å². The minimum absolute atomic E-state index is 0.0530. The maximum atomic E-state index is 12.0. The summed E-state index contributed by atoms with van der Waals surface area (Å²) in [4.78, 5) is 14.1. The van der Waals surface area contributed by atoms with Crippen molar-refractivity contribution in [3.8, 4) is 5.75 Å². The summed E-state index contributed by atoms with van der Waals surface area (Å²) in [6.07, 6.45) is 1.03. The van der Waals surface area contributed by atoms with Crippen LogP contribution in [0.5, 0.6) is 5.75 Å². The molecule has 5 nitrogen and oxygen atoms in total. The average molecular weight is 278 g/mol. The molecule has 1 aliphatic rings. The van der Waals surface area contributed by atoms with Crippen molar-refractivity contribution in [3.05, 3.63) is 24.3 Å². The Kier molecular flexibility index (Phi) is 4.98. The van der Waals surface area contributed by atoms with Crippen LogP contribution in [0.2, 0.25) is 0 Å². The molecule has 0 spiro atoms. The van der Waals surface area contributed by atoms with Crippen LogP contribution in [-0.2, 0) is 4.79 Å². The summed E-state index contributed by atoms with van der Waals surface area (Å²) in [5.41, 5.74) is 0.753. The molecule has 2 atom stereocenters. The van der Waals surface area contributed by atoms with Gasteiger partial charge in [-0.05, 0) is 43.1 Å². The summed E-state index contributed by atoms with van der Waals surface area (Å²) < 4.78 is 5.07. The predicted molar refractivity (Wildman–Crippen MR) is 77.9 cm³/mol. The van der Waals surface area contributed by atoms with E-state index < -0.39 is 0 Å². The number of methoxy groups -OCH3 is 1. The van der Waals surface area contributed by atoms with Crippen LogP contribution in [0.25, 0.3) is 0 Å². The van der Waals surface area contributed by atoms with Crippen LogP contribution >= 0.6 is 0 Å². The van der Waals surface area contributed by atoms with E-state index >= 15 is 0 Å². The fraction of sp³-hybridized carbons (Fsp3) is 0.533. The van der Waals surface area contributed by atoms with Crippen LogP contribution < -0.4 is 10.1 Å². The summed E-state index contributed by atoms with van der Waals surface area (Å²) in [6.45, 7) is 3.41. The van der Waals surface area contributed by atoms with Crippen LogP contribution in [0.1, 0.15) is 13.3 Å². The summed E-state index contributed by atoms with van der Waals surface area (Å²) in [5.74, 6) is 1.15. The molecule has 20 heavy (non-hydrogen) atoms. The highest BCUT2D eigenvalue weighted by molar-refractivity contribution is 5.92. The Morgan fingerprint density at radius 3 is 2.75 bits per heavy atom. The molecule has 2 N–H and O–H groups in total. The number of likely N-dealkylation sites (tertiary alicyclic amines) is 1. The fourth-order valence-electron chi connectivity index (χ4n) is 2.64. The van der Waals surface area contributed by atoms with Gasteiger partial charge in [0.05, 0.1) is 20.3 Å². The quantitative estimate of drug-likeness (QED) is 0.853. The fourth-order valence-corrected chi connectivity index (χ4v) is 2.64. The van der Waals surface area contributed by atoms with Crippen molar-refractivity contribution >= 4 is 11.6 Å². The van der Waals surface area contributed by atoms with Gasteiger partial charge in [-0.1, -0.05) is 6.92 Å². The number of aliphatic hydroxyl groups is 1. The zero-order chi connectivity index (χ0) is 14.5. The number of hydrogen-bond donors (Lipinski definition) is 2. The van der Waals surface area contributed by atoms with Crippen LogP contribution in [0.15, 0.2) is 24.3 Å². The molecule has 0 aliphatic carbocycles. The van der Waals surface area contributed by atoms with Crippen molar-refractivity contribution in [2.24, 2.45) is 5.92 Å². The molecule has 0 bridgehead atoms. The minimum atomic E-state index is -0.0530.